The van der Waals surface area contributed by atoms with Crippen LogP contribution in [0.3, 0.4) is 0 Å². The molecule has 0 unspecified atom stereocenters. The summed E-state index contributed by atoms with van der Waals surface area (Å²) in [5.41, 5.74) is 3.08. The van der Waals surface area contributed by atoms with Crippen molar-refractivity contribution in [3.8, 4) is 17.2 Å². The Bertz CT molecular complexity index is 1090. The molecule has 0 N–H and O–H groups in total. The van der Waals surface area contributed by atoms with Crippen molar-refractivity contribution in [1.82, 2.24) is 4.90 Å². The summed E-state index contributed by atoms with van der Waals surface area (Å²) < 4.78 is 17.2. The number of carbonyl (C=O) groups excluding carboxylic acids is 1. The molecule has 31 heavy (non-hydrogen) atoms. The van der Waals surface area contributed by atoms with Gasteiger partial charge in [-0.1, -0.05) is 54.6 Å². The van der Waals surface area contributed by atoms with E-state index in [2.05, 4.69) is 30.3 Å². The fourth-order valence-corrected chi connectivity index (χ4v) is 4.93. The van der Waals surface area contributed by atoms with Gasteiger partial charge in [-0.25, -0.2) is 0 Å². The van der Waals surface area contributed by atoms with E-state index in [0.29, 0.717) is 30.2 Å². The SMILES string of the molecule is COc1cc(OC)cc(O[C@@H]2C(=O)N3CCc4ccccc4[C@@]23Cc2ccccc2)c1. The highest BCUT2D eigenvalue weighted by molar-refractivity contribution is 5.92. The van der Waals surface area contributed by atoms with Crippen molar-refractivity contribution in [2.75, 3.05) is 20.8 Å². The second-order valence-corrected chi connectivity index (χ2v) is 8.03. The number of fused-ring (bicyclic) bond motifs is 3. The number of nitrogens with zero attached hydrogens (tertiary/aromatic N) is 1. The van der Waals surface area contributed by atoms with E-state index < -0.39 is 11.6 Å². The molecule has 0 radical (unpaired) electrons. The fraction of sp³-hybridized carbons (Fsp3) is 0.269. The summed E-state index contributed by atoms with van der Waals surface area (Å²) in [5.74, 6) is 1.83. The molecule has 1 fully saturated rings. The fourth-order valence-electron chi connectivity index (χ4n) is 4.93. The lowest BCUT2D eigenvalue weighted by Gasteiger charge is -2.59. The summed E-state index contributed by atoms with van der Waals surface area (Å²) in [4.78, 5) is 15.2. The zero-order valence-electron chi connectivity index (χ0n) is 17.7. The Morgan fingerprint density at radius 1 is 0.903 bits per heavy atom. The first-order valence-electron chi connectivity index (χ1n) is 10.5. The van der Waals surface area contributed by atoms with Crippen LogP contribution in [0.5, 0.6) is 17.2 Å². The van der Waals surface area contributed by atoms with E-state index in [1.165, 1.54) is 16.7 Å². The molecule has 2 heterocycles. The van der Waals surface area contributed by atoms with Crippen LogP contribution in [0.4, 0.5) is 0 Å². The molecule has 0 saturated carbocycles. The van der Waals surface area contributed by atoms with Gasteiger partial charge in [0.25, 0.3) is 5.91 Å². The number of hydrogen-bond acceptors (Lipinski definition) is 4. The zero-order valence-corrected chi connectivity index (χ0v) is 17.7. The minimum atomic E-state index is -0.619. The van der Waals surface area contributed by atoms with Gasteiger partial charge in [-0.2, -0.15) is 0 Å². The first-order valence-corrected chi connectivity index (χ1v) is 10.5. The van der Waals surface area contributed by atoms with Gasteiger partial charge in [-0.05, 0) is 23.1 Å². The van der Waals surface area contributed by atoms with E-state index in [1.54, 1.807) is 32.4 Å². The van der Waals surface area contributed by atoms with Crippen molar-refractivity contribution in [1.29, 1.82) is 0 Å². The zero-order chi connectivity index (χ0) is 21.4. The lowest BCUT2D eigenvalue weighted by atomic mass is 9.67. The van der Waals surface area contributed by atoms with E-state index in [0.717, 1.165) is 6.42 Å². The molecule has 3 aromatic carbocycles. The molecule has 0 aliphatic carbocycles. The molecule has 5 heteroatoms. The van der Waals surface area contributed by atoms with Crippen LogP contribution in [0, 0.1) is 0 Å². The molecule has 1 saturated heterocycles. The van der Waals surface area contributed by atoms with Crippen LogP contribution in [0.15, 0.2) is 72.8 Å². The number of β-lactam (4-membered cyclic amide) rings is 1. The maximum absolute atomic E-state index is 13.3. The van der Waals surface area contributed by atoms with Crippen LogP contribution in [0.25, 0.3) is 0 Å². The van der Waals surface area contributed by atoms with Crippen molar-refractivity contribution in [3.05, 3.63) is 89.5 Å². The molecule has 5 nitrogen and oxygen atoms in total. The van der Waals surface area contributed by atoms with Crippen LogP contribution in [-0.2, 0) is 23.2 Å². The van der Waals surface area contributed by atoms with Crippen LogP contribution < -0.4 is 14.2 Å². The van der Waals surface area contributed by atoms with Gasteiger partial charge < -0.3 is 19.1 Å². The Balaban J connectivity index is 1.59. The van der Waals surface area contributed by atoms with E-state index in [9.17, 15) is 4.79 Å². The lowest BCUT2D eigenvalue weighted by Crippen LogP contribution is -2.76. The Labute approximate surface area is 182 Å². The first-order chi connectivity index (χ1) is 15.2. The molecular formula is C26H25NO4. The van der Waals surface area contributed by atoms with Gasteiger partial charge in [0.1, 0.15) is 22.8 Å². The van der Waals surface area contributed by atoms with E-state index in [4.69, 9.17) is 14.2 Å². The van der Waals surface area contributed by atoms with Gasteiger partial charge in [0.15, 0.2) is 0 Å². The summed E-state index contributed by atoms with van der Waals surface area (Å²) in [6.45, 7) is 0.698. The van der Waals surface area contributed by atoms with E-state index >= 15 is 0 Å². The predicted octanol–water partition coefficient (Wildman–Crippen LogP) is 3.99. The Hall–Kier alpha value is -3.47. The molecular weight excluding hydrogens is 390 g/mol. The summed E-state index contributed by atoms with van der Waals surface area (Å²) in [7, 11) is 3.20. The van der Waals surface area contributed by atoms with E-state index in [1.807, 2.05) is 29.2 Å². The molecule has 5 rings (SSSR count). The van der Waals surface area contributed by atoms with Crippen molar-refractivity contribution < 1.29 is 19.0 Å². The highest BCUT2D eigenvalue weighted by Crippen LogP contribution is 2.50. The largest absolute Gasteiger partial charge is 0.496 e. The summed E-state index contributed by atoms with van der Waals surface area (Å²) in [5, 5.41) is 0. The molecule has 3 aromatic rings. The lowest BCUT2D eigenvalue weighted by molar-refractivity contribution is -0.185. The molecule has 2 aliphatic rings. The van der Waals surface area contributed by atoms with Gasteiger partial charge >= 0.3 is 0 Å². The van der Waals surface area contributed by atoms with Crippen LogP contribution in [0.1, 0.15) is 16.7 Å². The van der Waals surface area contributed by atoms with Crippen LogP contribution in [-0.4, -0.2) is 37.7 Å². The summed E-state index contributed by atoms with van der Waals surface area (Å²) >= 11 is 0. The van der Waals surface area contributed by atoms with Crippen molar-refractivity contribution in [3.63, 3.8) is 0 Å². The van der Waals surface area contributed by atoms with Crippen LogP contribution >= 0.6 is 0 Å². The molecule has 158 valence electrons. The standard InChI is InChI=1S/C26H25NO4/c1-29-20-14-21(30-2)16-22(15-20)31-24-25(28)27-13-12-19-10-6-7-11-23(19)26(24,27)17-18-8-4-3-5-9-18/h3-11,14-16,24H,12-13,17H2,1-2H3/t24-,26+/m1/s1. The third kappa shape index (κ3) is 3.12. The third-order valence-corrected chi connectivity index (χ3v) is 6.39. The second-order valence-electron chi connectivity index (χ2n) is 8.03. The number of amides is 1. The molecule has 0 bridgehead atoms. The van der Waals surface area contributed by atoms with Gasteiger partial charge in [-0.15, -0.1) is 0 Å². The number of ether oxygens (including phenoxy) is 3. The third-order valence-electron chi connectivity index (χ3n) is 6.39. The molecule has 0 spiro atoms. The smallest absolute Gasteiger partial charge is 0.267 e. The quantitative estimate of drug-likeness (QED) is 0.572. The Morgan fingerprint density at radius 2 is 1.55 bits per heavy atom. The molecule has 0 aromatic heterocycles. The topological polar surface area (TPSA) is 48.0 Å². The molecule has 2 aliphatic heterocycles. The number of carbonyl (C=O) groups is 1. The van der Waals surface area contributed by atoms with Gasteiger partial charge in [-0.3, -0.25) is 4.79 Å². The minimum absolute atomic E-state index is 0.0206. The normalized spacial score (nSPS) is 21.5. The average Bonchev–Trinajstić information content (AvgIpc) is 2.82. The van der Waals surface area contributed by atoms with Crippen molar-refractivity contribution in [2.45, 2.75) is 24.5 Å². The first kappa shape index (κ1) is 19.5. The van der Waals surface area contributed by atoms with Gasteiger partial charge in [0.05, 0.1) is 14.2 Å². The number of methoxy groups -OCH3 is 2. The predicted molar refractivity (Wildman–Crippen MR) is 118 cm³/mol. The summed E-state index contributed by atoms with van der Waals surface area (Å²) in [6, 6.07) is 24.1. The van der Waals surface area contributed by atoms with Crippen LogP contribution in [0.2, 0.25) is 0 Å². The highest BCUT2D eigenvalue weighted by atomic mass is 16.5. The second kappa shape index (κ2) is 7.65. The number of benzene rings is 3. The summed E-state index contributed by atoms with van der Waals surface area (Å²) in [6.07, 6.45) is 0.937. The maximum atomic E-state index is 13.3. The highest BCUT2D eigenvalue weighted by Gasteiger charge is 2.64. The molecule has 2 atom stereocenters. The Kier molecular flexibility index (Phi) is 4.81. The minimum Gasteiger partial charge on any atom is -0.496 e. The van der Waals surface area contributed by atoms with E-state index in [-0.39, 0.29) is 5.91 Å². The number of rotatable bonds is 6. The van der Waals surface area contributed by atoms with Crippen molar-refractivity contribution >= 4 is 5.91 Å². The number of hydrogen-bond donors (Lipinski definition) is 0. The monoisotopic (exact) mass is 415 g/mol. The van der Waals surface area contributed by atoms with Crippen molar-refractivity contribution in [2.24, 2.45) is 0 Å². The van der Waals surface area contributed by atoms with Gasteiger partial charge in [0.2, 0.25) is 6.10 Å². The Morgan fingerprint density at radius 3 is 2.26 bits per heavy atom. The molecule has 1 amide bonds. The maximum Gasteiger partial charge on any atom is 0.267 e. The van der Waals surface area contributed by atoms with Gasteiger partial charge in [0, 0.05) is 31.2 Å². The average molecular weight is 415 g/mol.